The normalized spacial score (nSPS) is 25.8. The van der Waals surface area contributed by atoms with Crippen LogP contribution < -0.4 is 15.7 Å². The van der Waals surface area contributed by atoms with Crippen molar-refractivity contribution in [3.05, 3.63) is 35.4 Å². The number of aromatic carboxylic acids is 1. The molecule has 8 nitrogen and oxygen atoms in total. The minimum absolute atomic E-state index is 0.0365. The summed E-state index contributed by atoms with van der Waals surface area (Å²) in [5.74, 6) is -5.18. The summed E-state index contributed by atoms with van der Waals surface area (Å²) in [5.41, 5.74) is -4.17. The van der Waals surface area contributed by atoms with Crippen LogP contribution >= 0.6 is 0 Å². The zero-order valence-corrected chi connectivity index (χ0v) is 13.3. The average Bonchev–Trinajstić information content (AvgIpc) is 2.53. The third-order valence-electron chi connectivity index (χ3n) is 3.85. The second-order valence-electron chi connectivity index (χ2n) is 5.48. The molecule has 1 aromatic rings. The molecule has 0 unspecified atom stereocenters. The van der Waals surface area contributed by atoms with Gasteiger partial charge in [-0.2, -0.15) is 13.2 Å². The largest absolute Gasteiger partial charge is 0.545 e. The van der Waals surface area contributed by atoms with E-state index < -0.39 is 41.8 Å². The zero-order valence-electron chi connectivity index (χ0n) is 13.3. The average molecular weight is 375 g/mol. The first-order valence-corrected chi connectivity index (χ1v) is 7.37. The Bertz CT molecular complexity index is 721. The van der Waals surface area contributed by atoms with Crippen LogP contribution in [0.5, 0.6) is 0 Å². The molecule has 3 atom stereocenters. The molecule has 0 saturated carbocycles. The van der Waals surface area contributed by atoms with Crippen LogP contribution in [0.2, 0.25) is 0 Å². The smallest absolute Gasteiger partial charge is 0.437 e. The molecule has 1 aliphatic heterocycles. The summed E-state index contributed by atoms with van der Waals surface area (Å²) in [6, 6.07) is 1.29. The van der Waals surface area contributed by atoms with Gasteiger partial charge in [0.05, 0.1) is 18.6 Å². The Labute approximate surface area is 144 Å². The number of halogens is 3. The highest BCUT2D eigenvalue weighted by atomic mass is 19.4. The van der Waals surface area contributed by atoms with E-state index in [0.717, 1.165) is 24.3 Å². The minimum atomic E-state index is -5.38. The minimum Gasteiger partial charge on any atom is -0.545 e. The standard InChI is InChI=1S/C15H15F3N2O6/c1-2-26-12(23)9-10(7-3-5-8(6-4-7)11(21)22)19-13(24)20-14(9,25)15(16,17)18/h3-6,9-10,25H,2H2,1H3,(H,21,22)(H2,19,20,24)/p-1/t9-,10-,14+/m0/s1. The first-order chi connectivity index (χ1) is 12.0. The summed E-state index contributed by atoms with van der Waals surface area (Å²) in [4.78, 5) is 34.6. The van der Waals surface area contributed by atoms with E-state index in [9.17, 15) is 37.8 Å². The number of rotatable bonds is 4. The maximum Gasteiger partial charge on any atom is 0.437 e. The number of alkyl halides is 3. The summed E-state index contributed by atoms with van der Waals surface area (Å²) < 4.78 is 44.9. The first kappa shape index (κ1) is 19.5. The van der Waals surface area contributed by atoms with Crippen molar-refractivity contribution in [2.75, 3.05) is 6.61 Å². The van der Waals surface area contributed by atoms with Gasteiger partial charge in [0.2, 0.25) is 0 Å². The fourth-order valence-corrected chi connectivity index (χ4v) is 2.64. The summed E-state index contributed by atoms with van der Waals surface area (Å²) in [6.45, 7) is 1.11. The Morgan fingerprint density at radius 1 is 1.31 bits per heavy atom. The number of hydrogen-bond acceptors (Lipinski definition) is 6. The molecule has 1 aliphatic rings. The van der Waals surface area contributed by atoms with Gasteiger partial charge in [0.25, 0.3) is 5.72 Å². The van der Waals surface area contributed by atoms with Crippen molar-refractivity contribution in [1.29, 1.82) is 0 Å². The number of carboxylic acid groups (broad SMARTS) is 1. The van der Waals surface area contributed by atoms with Gasteiger partial charge >= 0.3 is 18.2 Å². The van der Waals surface area contributed by atoms with Gasteiger partial charge < -0.3 is 30.4 Å². The van der Waals surface area contributed by atoms with Gasteiger partial charge in [-0.25, -0.2) is 4.79 Å². The molecule has 2 amide bonds. The van der Waals surface area contributed by atoms with Gasteiger partial charge in [0.15, 0.2) is 0 Å². The number of amides is 2. The second kappa shape index (κ2) is 6.83. The van der Waals surface area contributed by atoms with Crippen molar-refractivity contribution in [2.45, 2.75) is 24.9 Å². The Morgan fingerprint density at radius 2 is 1.88 bits per heavy atom. The monoisotopic (exact) mass is 375 g/mol. The number of hydrogen-bond donors (Lipinski definition) is 3. The molecule has 2 rings (SSSR count). The summed E-state index contributed by atoms with van der Waals surface area (Å²) in [6.07, 6.45) is -5.38. The van der Waals surface area contributed by atoms with Crippen molar-refractivity contribution < 1.29 is 42.5 Å². The predicted molar refractivity (Wildman–Crippen MR) is 76.3 cm³/mol. The summed E-state index contributed by atoms with van der Waals surface area (Å²) in [7, 11) is 0. The van der Waals surface area contributed by atoms with Gasteiger partial charge in [0.1, 0.15) is 5.92 Å². The molecule has 3 N–H and O–H groups in total. The quantitative estimate of drug-likeness (QED) is 0.627. The van der Waals surface area contributed by atoms with Crippen LogP contribution in [0.3, 0.4) is 0 Å². The molecule has 0 aliphatic carbocycles. The third-order valence-corrected chi connectivity index (χ3v) is 3.85. The number of ether oxygens (including phenoxy) is 1. The fraction of sp³-hybridized carbons (Fsp3) is 0.400. The van der Waals surface area contributed by atoms with E-state index in [1.807, 2.05) is 0 Å². The molecule has 26 heavy (non-hydrogen) atoms. The molecule has 1 saturated heterocycles. The van der Waals surface area contributed by atoms with Crippen molar-refractivity contribution in [3.8, 4) is 0 Å². The number of urea groups is 1. The van der Waals surface area contributed by atoms with Crippen LogP contribution in [0, 0.1) is 5.92 Å². The second-order valence-corrected chi connectivity index (χ2v) is 5.48. The predicted octanol–water partition coefficient (Wildman–Crippen LogP) is -0.166. The molecule has 11 heteroatoms. The van der Waals surface area contributed by atoms with E-state index in [0.29, 0.717) is 0 Å². The lowest BCUT2D eigenvalue weighted by atomic mass is 9.82. The van der Waals surface area contributed by atoms with E-state index in [4.69, 9.17) is 0 Å². The molecule has 0 aromatic heterocycles. The molecule has 0 radical (unpaired) electrons. The van der Waals surface area contributed by atoms with Gasteiger partial charge in [-0.05, 0) is 18.1 Å². The molecular weight excluding hydrogens is 361 g/mol. The summed E-state index contributed by atoms with van der Waals surface area (Å²) in [5, 5.41) is 24.3. The highest BCUT2D eigenvalue weighted by Crippen LogP contribution is 2.43. The van der Waals surface area contributed by atoms with E-state index in [2.05, 4.69) is 10.1 Å². The van der Waals surface area contributed by atoms with Crippen LogP contribution in [0.25, 0.3) is 0 Å². The molecule has 142 valence electrons. The van der Waals surface area contributed by atoms with E-state index >= 15 is 0 Å². The van der Waals surface area contributed by atoms with Gasteiger partial charge in [0, 0.05) is 0 Å². The van der Waals surface area contributed by atoms with Crippen LogP contribution in [-0.4, -0.2) is 41.6 Å². The van der Waals surface area contributed by atoms with E-state index in [1.54, 1.807) is 0 Å². The van der Waals surface area contributed by atoms with E-state index in [-0.39, 0.29) is 17.7 Å². The lowest BCUT2D eigenvalue weighted by molar-refractivity contribution is -0.294. The SMILES string of the molecule is CCOC(=O)[C@@H]1[C@H](c2ccc(C(=O)[O-])cc2)NC(=O)N[C@]1(O)C(F)(F)F. The first-order valence-electron chi connectivity index (χ1n) is 7.37. The number of benzene rings is 1. The molecular formula is C15H14F3N2O6-. The molecule has 0 spiro atoms. The molecule has 1 fully saturated rings. The number of aliphatic hydroxyl groups is 1. The van der Waals surface area contributed by atoms with Crippen molar-refractivity contribution >= 4 is 18.0 Å². The number of carbonyl (C=O) groups excluding carboxylic acids is 3. The number of carboxylic acids is 1. The van der Waals surface area contributed by atoms with Gasteiger partial charge in [-0.1, -0.05) is 24.3 Å². The van der Waals surface area contributed by atoms with Crippen molar-refractivity contribution in [2.24, 2.45) is 5.92 Å². The highest BCUT2D eigenvalue weighted by Gasteiger charge is 2.67. The topological polar surface area (TPSA) is 128 Å². The Balaban J connectivity index is 2.54. The van der Waals surface area contributed by atoms with Crippen LogP contribution in [0.4, 0.5) is 18.0 Å². The molecule has 0 bridgehead atoms. The Hall–Kier alpha value is -2.82. The van der Waals surface area contributed by atoms with E-state index in [1.165, 1.54) is 12.2 Å². The Morgan fingerprint density at radius 3 is 2.35 bits per heavy atom. The van der Waals surface area contributed by atoms with Crippen LogP contribution in [0.1, 0.15) is 28.9 Å². The number of nitrogens with one attached hydrogen (secondary N) is 2. The lowest BCUT2D eigenvalue weighted by Crippen LogP contribution is -2.73. The van der Waals surface area contributed by atoms with Crippen molar-refractivity contribution in [3.63, 3.8) is 0 Å². The molecule has 1 heterocycles. The maximum atomic E-state index is 13.4. The molecule has 1 aromatic carbocycles. The Kier molecular flexibility index (Phi) is 5.12. The van der Waals surface area contributed by atoms with Gasteiger partial charge in [-0.3, -0.25) is 4.79 Å². The highest BCUT2D eigenvalue weighted by molar-refractivity contribution is 5.86. The lowest BCUT2D eigenvalue weighted by Gasteiger charge is -2.44. The fourth-order valence-electron chi connectivity index (χ4n) is 2.64. The maximum absolute atomic E-state index is 13.4. The van der Waals surface area contributed by atoms with Crippen LogP contribution in [0.15, 0.2) is 24.3 Å². The third kappa shape index (κ3) is 3.43. The van der Waals surface area contributed by atoms with Gasteiger partial charge in [-0.15, -0.1) is 0 Å². The summed E-state index contributed by atoms with van der Waals surface area (Å²) >= 11 is 0. The van der Waals surface area contributed by atoms with Crippen molar-refractivity contribution in [1.82, 2.24) is 10.6 Å². The van der Waals surface area contributed by atoms with Crippen LogP contribution in [-0.2, 0) is 9.53 Å². The zero-order chi connectivity index (χ0) is 19.7. The number of carbonyl (C=O) groups is 3. The number of esters is 1.